The number of benzene rings is 1. The molecule has 134 valence electrons. The molecule has 0 aliphatic heterocycles. The number of esters is 1. The molecule has 1 aliphatic carbocycles. The zero-order chi connectivity index (χ0) is 17.8. The number of hydrogen-bond acceptors (Lipinski definition) is 6. The number of fused-ring (bicyclic) bond motifs is 3. The minimum Gasteiger partial charge on any atom is -0.479 e. The molecule has 1 aromatic carbocycles. The molecule has 3 rings (SSSR count). The average Bonchev–Trinajstić information content (AvgIpc) is 2.62. The molecule has 6 heteroatoms. The van der Waals surface area contributed by atoms with Crippen molar-refractivity contribution in [2.45, 2.75) is 38.7 Å². The van der Waals surface area contributed by atoms with Crippen LogP contribution >= 0.6 is 0 Å². The van der Waals surface area contributed by atoms with Gasteiger partial charge in [0, 0.05) is 24.1 Å². The highest BCUT2D eigenvalue weighted by Crippen LogP contribution is 2.29. The van der Waals surface area contributed by atoms with E-state index in [-0.39, 0.29) is 12.2 Å². The Morgan fingerprint density at radius 2 is 1.96 bits per heavy atom. The van der Waals surface area contributed by atoms with Crippen molar-refractivity contribution in [1.82, 2.24) is 0 Å². The second kappa shape index (κ2) is 7.70. The van der Waals surface area contributed by atoms with E-state index < -0.39 is 12.1 Å². The fraction of sp³-hybridized carbons (Fsp3) is 0.474. The minimum atomic E-state index is -0.765. The summed E-state index contributed by atoms with van der Waals surface area (Å²) in [6.07, 6.45) is 3.00. The van der Waals surface area contributed by atoms with Crippen LogP contribution in [-0.2, 0) is 27.1 Å². The third-order valence-electron chi connectivity index (χ3n) is 4.37. The van der Waals surface area contributed by atoms with Crippen molar-refractivity contribution in [3.8, 4) is 5.75 Å². The van der Waals surface area contributed by atoms with Gasteiger partial charge in [0.05, 0.1) is 6.61 Å². The van der Waals surface area contributed by atoms with Gasteiger partial charge in [0.2, 0.25) is 0 Å². The summed E-state index contributed by atoms with van der Waals surface area (Å²) < 4.78 is 20.9. The van der Waals surface area contributed by atoms with E-state index in [2.05, 4.69) is 0 Å². The van der Waals surface area contributed by atoms with Crippen LogP contribution in [0.3, 0.4) is 0 Å². The summed E-state index contributed by atoms with van der Waals surface area (Å²) in [7, 11) is 1.54. The van der Waals surface area contributed by atoms with Crippen LogP contribution in [0.25, 0.3) is 11.0 Å². The van der Waals surface area contributed by atoms with Crippen LogP contribution in [0, 0.1) is 0 Å². The highest BCUT2D eigenvalue weighted by Gasteiger charge is 2.20. The van der Waals surface area contributed by atoms with Gasteiger partial charge >= 0.3 is 11.6 Å². The maximum Gasteiger partial charge on any atom is 0.347 e. The lowest BCUT2D eigenvalue weighted by Crippen LogP contribution is -2.27. The van der Waals surface area contributed by atoms with Crippen LogP contribution in [0.1, 0.15) is 30.9 Å². The van der Waals surface area contributed by atoms with Crippen LogP contribution in [0.2, 0.25) is 0 Å². The van der Waals surface area contributed by atoms with Gasteiger partial charge in [-0.1, -0.05) is 0 Å². The van der Waals surface area contributed by atoms with Crippen molar-refractivity contribution < 1.29 is 23.4 Å². The van der Waals surface area contributed by atoms with Crippen LogP contribution in [-0.4, -0.2) is 32.4 Å². The molecule has 0 amide bonds. The molecule has 1 aliphatic rings. The zero-order valence-electron chi connectivity index (χ0n) is 14.5. The van der Waals surface area contributed by atoms with Gasteiger partial charge in [0.1, 0.15) is 17.9 Å². The molecule has 0 spiro atoms. The summed E-state index contributed by atoms with van der Waals surface area (Å²) in [5, 5.41) is 0.942. The normalized spacial score (nSPS) is 14.8. The van der Waals surface area contributed by atoms with Gasteiger partial charge in [-0.05, 0) is 50.3 Å². The summed E-state index contributed by atoms with van der Waals surface area (Å²) in [5.74, 6) is -0.00774. The Morgan fingerprint density at radius 3 is 2.72 bits per heavy atom. The van der Waals surface area contributed by atoms with Gasteiger partial charge in [-0.2, -0.15) is 0 Å². The van der Waals surface area contributed by atoms with E-state index in [9.17, 15) is 9.59 Å². The smallest absolute Gasteiger partial charge is 0.347 e. The lowest BCUT2D eigenvalue weighted by Gasteiger charge is -2.17. The van der Waals surface area contributed by atoms with Crippen molar-refractivity contribution in [2.75, 3.05) is 20.3 Å². The first-order valence-electron chi connectivity index (χ1n) is 8.51. The predicted molar refractivity (Wildman–Crippen MR) is 92.1 cm³/mol. The van der Waals surface area contributed by atoms with Gasteiger partial charge in [0.25, 0.3) is 0 Å². The number of ether oxygens (including phenoxy) is 3. The summed E-state index contributed by atoms with van der Waals surface area (Å²) in [6.45, 7) is 2.13. The molecule has 0 unspecified atom stereocenters. The van der Waals surface area contributed by atoms with Gasteiger partial charge in [-0.25, -0.2) is 9.59 Å². The molecule has 0 bridgehead atoms. The van der Waals surface area contributed by atoms with Gasteiger partial charge < -0.3 is 18.6 Å². The van der Waals surface area contributed by atoms with Crippen molar-refractivity contribution in [3.63, 3.8) is 0 Å². The number of hydrogen-bond donors (Lipinski definition) is 0. The zero-order valence-corrected chi connectivity index (χ0v) is 14.5. The Hall–Kier alpha value is -2.34. The van der Waals surface area contributed by atoms with Crippen molar-refractivity contribution >= 4 is 16.9 Å². The largest absolute Gasteiger partial charge is 0.479 e. The van der Waals surface area contributed by atoms with E-state index in [1.54, 1.807) is 19.1 Å². The van der Waals surface area contributed by atoms with E-state index >= 15 is 0 Å². The van der Waals surface area contributed by atoms with E-state index in [1.165, 1.54) is 7.11 Å². The Bertz CT molecular complexity index is 823. The Balaban J connectivity index is 1.80. The molecule has 0 radical (unpaired) electrons. The minimum absolute atomic E-state index is 0.182. The van der Waals surface area contributed by atoms with E-state index in [1.807, 2.05) is 6.07 Å². The van der Waals surface area contributed by atoms with E-state index in [0.29, 0.717) is 17.9 Å². The van der Waals surface area contributed by atoms with Crippen LogP contribution in [0.15, 0.2) is 27.4 Å². The Labute approximate surface area is 145 Å². The highest BCUT2D eigenvalue weighted by molar-refractivity contribution is 5.83. The number of aryl methyl sites for hydroxylation is 1. The van der Waals surface area contributed by atoms with Crippen LogP contribution < -0.4 is 10.4 Å². The monoisotopic (exact) mass is 346 g/mol. The average molecular weight is 346 g/mol. The first-order chi connectivity index (χ1) is 12.1. The maximum absolute atomic E-state index is 12.2. The molecule has 6 nitrogen and oxygen atoms in total. The fourth-order valence-electron chi connectivity index (χ4n) is 3.09. The maximum atomic E-state index is 12.2. The van der Waals surface area contributed by atoms with Crippen molar-refractivity contribution in [1.29, 1.82) is 0 Å². The summed E-state index contributed by atoms with van der Waals surface area (Å²) in [4.78, 5) is 24.0. The second-order valence-electron chi connectivity index (χ2n) is 6.13. The SMILES string of the molecule is COCCOC(=O)[C@@H](C)Oc1ccc2c3c(c(=O)oc2c1)CCCC3. The summed E-state index contributed by atoms with van der Waals surface area (Å²) in [6, 6.07) is 5.33. The molecular weight excluding hydrogens is 324 g/mol. The first-order valence-corrected chi connectivity index (χ1v) is 8.51. The Kier molecular flexibility index (Phi) is 5.38. The molecule has 25 heavy (non-hydrogen) atoms. The molecule has 0 saturated carbocycles. The molecule has 2 aromatic rings. The van der Waals surface area contributed by atoms with Gasteiger partial charge in [-0.15, -0.1) is 0 Å². The fourth-order valence-corrected chi connectivity index (χ4v) is 3.09. The van der Waals surface area contributed by atoms with Crippen molar-refractivity contribution in [2.24, 2.45) is 0 Å². The molecular formula is C19H22O6. The molecule has 0 saturated heterocycles. The lowest BCUT2D eigenvalue weighted by molar-refractivity contribution is -0.152. The third-order valence-corrected chi connectivity index (χ3v) is 4.37. The van der Waals surface area contributed by atoms with E-state index in [0.717, 1.165) is 42.2 Å². The molecule has 0 fully saturated rings. The third kappa shape index (κ3) is 3.85. The predicted octanol–water partition coefficient (Wildman–Crippen LogP) is 2.63. The molecule has 1 aromatic heterocycles. The van der Waals surface area contributed by atoms with Crippen LogP contribution in [0.5, 0.6) is 5.75 Å². The quantitative estimate of drug-likeness (QED) is 0.455. The Morgan fingerprint density at radius 1 is 1.20 bits per heavy atom. The molecule has 1 heterocycles. The van der Waals surface area contributed by atoms with Gasteiger partial charge in [0.15, 0.2) is 6.10 Å². The summed E-state index contributed by atoms with van der Waals surface area (Å²) in [5.41, 5.74) is 2.09. The number of rotatable bonds is 6. The summed E-state index contributed by atoms with van der Waals surface area (Å²) >= 11 is 0. The topological polar surface area (TPSA) is 75.0 Å². The lowest BCUT2D eigenvalue weighted by atomic mass is 9.91. The van der Waals surface area contributed by atoms with Crippen LogP contribution in [0.4, 0.5) is 0 Å². The number of carbonyl (C=O) groups excluding carboxylic acids is 1. The molecule has 1 atom stereocenters. The van der Waals surface area contributed by atoms with Crippen molar-refractivity contribution in [3.05, 3.63) is 39.7 Å². The highest BCUT2D eigenvalue weighted by atomic mass is 16.6. The molecule has 0 N–H and O–H groups in total. The first kappa shape index (κ1) is 17.5. The van der Waals surface area contributed by atoms with E-state index in [4.69, 9.17) is 18.6 Å². The van der Waals surface area contributed by atoms with Gasteiger partial charge in [-0.3, -0.25) is 0 Å². The second-order valence-corrected chi connectivity index (χ2v) is 6.13. The number of carbonyl (C=O) groups is 1. The number of methoxy groups -OCH3 is 1. The standard InChI is InChI=1S/C19H22O6/c1-12(18(20)23-10-9-22-2)24-13-7-8-15-14-5-3-4-6-16(14)19(21)25-17(15)11-13/h7-8,11-12H,3-6,9-10H2,1-2H3/t12-/m1/s1.